The quantitative estimate of drug-likeness (QED) is 0.767. The maximum atomic E-state index is 12.3. The van der Waals surface area contributed by atoms with Crippen molar-refractivity contribution in [2.75, 3.05) is 0 Å². The molecule has 0 radical (unpaired) electrons. The van der Waals surface area contributed by atoms with Crippen LogP contribution in [0.3, 0.4) is 0 Å². The largest absolute Gasteiger partial charge is 0.441 e. The lowest BCUT2D eigenvalue weighted by molar-refractivity contribution is -0.120. The highest BCUT2D eigenvalue weighted by molar-refractivity contribution is 7.08. The second-order valence-corrected chi connectivity index (χ2v) is 6.92. The van der Waals surface area contributed by atoms with E-state index in [1.54, 1.807) is 11.3 Å². The highest BCUT2D eigenvalue weighted by atomic mass is 32.1. The molecule has 122 valence electrons. The van der Waals surface area contributed by atoms with Gasteiger partial charge in [0.05, 0.1) is 12.1 Å². The molecule has 2 heterocycles. The van der Waals surface area contributed by atoms with Gasteiger partial charge in [0.15, 0.2) is 0 Å². The molecule has 5 heteroatoms. The first kappa shape index (κ1) is 15.1. The van der Waals surface area contributed by atoms with Crippen LogP contribution in [-0.2, 0) is 11.2 Å². The topological polar surface area (TPSA) is 55.1 Å². The summed E-state index contributed by atoms with van der Waals surface area (Å²) in [7, 11) is 0. The SMILES string of the molecule is Cc1oc(-c2ccsc2)nc1CC(=O)N[C@H]1C[C@H]1c1ccccc1. The molecule has 0 spiro atoms. The van der Waals surface area contributed by atoms with Crippen molar-refractivity contribution < 1.29 is 9.21 Å². The number of nitrogens with zero attached hydrogens (tertiary/aromatic N) is 1. The molecule has 1 aromatic carbocycles. The Kier molecular flexibility index (Phi) is 3.94. The van der Waals surface area contributed by atoms with Gasteiger partial charge in [0.1, 0.15) is 5.76 Å². The number of rotatable bonds is 5. The molecule has 1 fully saturated rings. The summed E-state index contributed by atoms with van der Waals surface area (Å²) in [5.74, 6) is 1.74. The predicted octanol–water partition coefficient (Wildman–Crippen LogP) is 3.93. The Morgan fingerprint density at radius 2 is 2.17 bits per heavy atom. The van der Waals surface area contributed by atoms with Gasteiger partial charge in [-0.1, -0.05) is 30.3 Å². The van der Waals surface area contributed by atoms with Gasteiger partial charge in [0, 0.05) is 22.9 Å². The van der Waals surface area contributed by atoms with Gasteiger partial charge in [-0.2, -0.15) is 11.3 Å². The first-order chi connectivity index (χ1) is 11.7. The van der Waals surface area contributed by atoms with Crippen molar-refractivity contribution in [1.82, 2.24) is 10.3 Å². The fourth-order valence-corrected chi connectivity index (χ4v) is 3.56. The summed E-state index contributed by atoms with van der Waals surface area (Å²) in [5, 5.41) is 7.08. The number of oxazole rings is 1. The Morgan fingerprint density at radius 1 is 1.33 bits per heavy atom. The molecule has 3 aromatic rings. The molecule has 24 heavy (non-hydrogen) atoms. The minimum Gasteiger partial charge on any atom is -0.441 e. The third-order valence-corrected chi connectivity index (χ3v) is 5.04. The summed E-state index contributed by atoms with van der Waals surface area (Å²) >= 11 is 1.60. The Hall–Kier alpha value is -2.40. The smallest absolute Gasteiger partial charge is 0.227 e. The second kappa shape index (κ2) is 6.24. The number of hydrogen-bond acceptors (Lipinski definition) is 4. The van der Waals surface area contributed by atoms with Crippen LogP contribution < -0.4 is 5.32 Å². The van der Waals surface area contributed by atoms with Crippen LogP contribution in [-0.4, -0.2) is 16.9 Å². The molecule has 0 unspecified atom stereocenters. The van der Waals surface area contributed by atoms with Gasteiger partial charge in [-0.3, -0.25) is 4.79 Å². The molecule has 0 saturated heterocycles. The third kappa shape index (κ3) is 3.12. The van der Waals surface area contributed by atoms with E-state index in [1.807, 2.05) is 41.9 Å². The molecule has 1 N–H and O–H groups in total. The summed E-state index contributed by atoms with van der Waals surface area (Å²) < 4.78 is 5.69. The van der Waals surface area contributed by atoms with Gasteiger partial charge < -0.3 is 9.73 Å². The zero-order valence-corrected chi connectivity index (χ0v) is 14.2. The number of nitrogens with one attached hydrogen (secondary N) is 1. The number of thiophene rings is 1. The van der Waals surface area contributed by atoms with Crippen LogP contribution in [0.1, 0.15) is 29.4 Å². The highest BCUT2D eigenvalue weighted by Crippen LogP contribution is 2.40. The van der Waals surface area contributed by atoms with E-state index in [4.69, 9.17) is 4.42 Å². The van der Waals surface area contributed by atoms with Gasteiger partial charge >= 0.3 is 0 Å². The number of benzene rings is 1. The van der Waals surface area contributed by atoms with Crippen molar-refractivity contribution >= 4 is 17.2 Å². The lowest BCUT2D eigenvalue weighted by Gasteiger charge is -2.04. The first-order valence-corrected chi connectivity index (χ1v) is 8.98. The minimum atomic E-state index is 0.00620. The molecule has 1 aliphatic rings. The molecular formula is C19H18N2O2S. The summed E-state index contributed by atoms with van der Waals surface area (Å²) in [6, 6.07) is 12.5. The highest BCUT2D eigenvalue weighted by Gasteiger charge is 2.39. The molecule has 1 saturated carbocycles. The normalized spacial score (nSPS) is 19.2. The lowest BCUT2D eigenvalue weighted by Crippen LogP contribution is -2.28. The van der Waals surface area contributed by atoms with Crippen molar-refractivity contribution in [1.29, 1.82) is 0 Å². The average molecular weight is 338 g/mol. The molecular weight excluding hydrogens is 320 g/mol. The maximum Gasteiger partial charge on any atom is 0.227 e. The van der Waals surface area contributed by atoms with Crippen molar-refractivity contribution in [3.8, 4) is 11.5 Å². The van der Waals surface area contributed by atoms with E-state index >= 15 is 0 Å². The summed E-state index contributed by atoms with van der Waals surface area (Å²) in [6.07, 6.45) is 1.27. The molecule has 4 nitrogen and oxygen atoms in total. The van der Waals surface area contributed by atoms with E-state index in [1.165, 1.54) is 5.56 Å². The monoisotopic (exact) mass is 338 g/mol. The van der Waals surface area contributed by atoms with Crippen LogP contribution in [0.25, 0.3) is 11.5 Å². The van der Waals surface area contributed by atoms with Crippen molar-refractivity contribution in [2.45, 2.75) is 31.7 Å². The molecule has 1 amide bonds. The van der Waals surface area contributed by atoms with Crippen LogP contribution in [0.2, 0.25) is 0 Å². The molecule has 0 bridgehead atoms. The number of carbonyl (C=O) groups is 1. The zero-order chi connectivity index (χ0) is 16.5. The zero-order valence-electron chi connectivity index (χ0n) is 13.4. The summed E-state index contributed by atoms with van der Waals surface area (Å²) in [6.45, 7) is 1.86. The van der Waals surface area contributed by atoms with E-state index < -0.39 is 0 Å². The summed E-state index contributed by atoms with van der Waals surface area (Å²) in [4.78, 5) is 16.8. The fourth-order valence-electron chi connectivity index (χ4n) is 2.93. The van der Waals surface area contributed by atoms with Crippen molar-refractivity contribution in [3.05, 3.63) is 64.2 Å². The maximum absolute atomic E-state index is 12.3. The number of aryl methyl sites for hydroxylation is 1. The van der Waals surface area contributed by atoms with Crippen LogP contribution in [0, 0.1) is 6.92 Å². The lowest BCUT2D eigenvalue weighted by atomic mass is 10.1. The Morgan fingerprint density at radius 3 is 2.92 bits per heavy atom. The second-order valence-electron chi connectivity index (χ2n) is 6.14. The molecule has 4 rings (SSSR count). The number of amides is 1. The number of aromatic nitrogens is 1. The van der Waals surface area contributed by atoms with E-state index in [0.717, 1.165) is 12.0 Å². The van der Waals surface area contributed by atoms with E-state index in [-0.39, 0.29) is 18.4 Å². The predicted molar refractivity (Wildman–Crippen MR) is 94.0 cm³/mol. The van der Waals surface area contributed by atoms with E-state index in [2.05, 4.69) is 22.4 Å². The van der Waals surface area contributed by atoms with Gasteiger partial charge in [0.2, 0.25) is 11.8 Å². The molecule has 2 aromatic heterocycles. The molecule has 1 aliphatic carbocycles. The van der Waals surface area contributed by atoms with Gasteiger partial charge in [-0.15, -0.1) is 0 Å². The Balaban J connectivity index is 1.37. The number of carbonyl (C=O) groups excluding carboxylic acids is 1. The minimum absolute atomic E-state index is 0.00620. The standard InChI is InChI=1S/C19H18N2O2S/c1-12-16(21-19(23-12)14-7-8-24-11-14)10-18(22)20-17-9-15(17)13-5-3-2-4-6-13/h2-8,11,15,17H,9-10H2,1H3,(H,20,22)/t15-,17-/m0/s1. The van der Waals surface area contributed by atoms with Crippen molar-refractivity contribution in [2.24, 2.45) is 0 Å². The first-order valence-electron chi connectivity index (χ1n) is 8.04. The summed E-state index contributed by atoms with van der Waals surface area (Å²) in [5.41, 5.74) is 2.96. The van der Waals surface area contributed by atoms with Gasteiger partial charge in [-0.25, -0.2) is 4.98 Å². The van der Waals surface area contributed by atoms with Gasteiger partial charge in [-0.05, 0) is 30.4 Å². The Bertz CT molecular complexity index is 840. The Labute approximate surface area is 144 Å². The molecule has 0 aliphatic heterocycles. The number of hydrogen-bond donors (Lipinski definition) is 1. The van der Waals surface area contributed by atoms with Gasteiger partial charge in [0.25, 0.3) is 0 Å². The third-order valence-electron chi connectivity index (χ3n) is 4.35. The van der Waals surface area contributed by atoms with Crippen LogP contribution in [0.15, 0.2) is 51.6 Å². The molecule has 2 atom stereocenters. The average Bonchev–Trinajstić information content (AvgIpc) is 2.97. The van der Waals surface area contributed by atoms with E-state index in [9.17, 15) is 4.79 Å². The fraction of sp³-hybridized carbons (Fsp3) is 0.263. The van der Waals surface area contributed by atoms with E-state index in [0.29, 0.717) is 23.3 Å². The van der Waals surface area contributed by atoms with Crippen LogP contribution in [0.4, 0.5) is 0 Å². The van der Waals surface area contributed by atoms with Crippen molar-refractivity contribution in [3.63, 3.8) is 0 Å². The van der Waals surface area contributed by atoms with Crippen LogP contribution >= 0.6 is 11.3 Å². The van der Waals surface area contributed by atoms with Crippen LogP contribution in [0.5, 0.6) is 0 Å².